The number of carbonyl (C=O) groups is 2. The zero-order valence-electron chi connectivity index (χ0n) is 12.5. The number of hydrogen-bond donors (Lipinski definition) is 3. The van der Waals surface area contributed by atoms with Crippen LogP contribution in [-0.4, -0.2) is 30.1 Å². The molecule has 0 aromatic heterocycles. The van der Waals surface area contributed by atoms with Crippen molar-refractivity contribution in [2.75, 3.05) is 18.5 Å². The Morgan fingerprint density at radius 1 is 0.957 bits per heavy atom. The van der Waals surface area contributed by atoms with Gasteiger partial charge in [0, 0.05) is 22.9 Å². The predicted molar refractivity (Wildman–Crippen MR) is 90.3 cm³/mol. The fourth-order valence-corrected chi connectivity index (χ4v) is 2.74. The Bertz CT molecular complexity index is 662. The summed E-state index contributed by atoms with van der Waals surface area (Å²) < 4.78 is 0. The maximum Gasteiger partial charge on any atom is 0.313 e. The molecule has 0 spiro atoms. The average Bonchev–Trinajstić information content (AvgIpc) is 2.57. The molecule has 2 rings (SSSR count). The normalized spacial score (nSPS) is 10.1. The van der Waals surface area contributed by atoms with Crippen molar-refractivity contribution in [2.24, 2.45) is 0 Å². The Morgan fingerprint density at radius 2 is 1.65 bits per heavy atom. The van der Waals surface area contributed by atoms with Gasteiger partial charge in [0.1, 0.15) is 0 Å². The monoisotopic (exact) mass is 330 g/mol. The molecule has 0 aliphatic heterocycles. The van der Waals surface area contributed by atoms with Crippen LogP contribution in [0.15, 0.2) is 64.4 Å². The first-order chi connectivity index (χ1) is 11.2. The molecule has 120 valence electrons. The van der Waals surface area contributed by atoms with Crippen LogP contribution in [0.25, 0.3) is 0 Å². The molecule has 6 heteroatoms. The number of amides is 2. The highest BCUT2D eigenvalue weighted by molar-refractivity contribution is 7.99. The van der Waals surface area contributed by atoms with E-state index >= 15 is 0 Å². The van der Waals surface area contributed by atoms with Gasteiger partial charge in [-0.1, -0.05) is 42.1 Å². The number of hydrogen-bond acceptors (Lipinski definition) is 4. The number of benzene rings is 2. The van der Waals surface area contributed by atoms with E-state index in [1.807, 2.05) is 42.5 Å². The number of anilines is 1. The first-order valence-corrected chi connectivity index (χ1v) is 8.04. The molecule has 0 unspecified atom stereocenters. The topological polar surface area (TPSA) is 78.4 Å². The van der Waals surface area contributed by atoms with E-state index in [2.05, 4.69) is 10.6 Å². The summed E-state index contributed by atoms with van der Waals surface area (Å²) in [5, 5.41) is 13.8. The Kier molecular flexibility index (Phi) is 6.65. The fraction of sp³-hybridized carbons (Fsp3) is 0.176. The van der Waals surface area contributed by atoms with E-state index in [-0.39, 0.29) is 13.2 Å². The van der Waals surface area contributed by atoms with Crippen LogP contribution < -0.4 is 10.6 Å². The Labute approximate surface area is 139 Å². The number of nitrogens with one attached hydrogen (secondary N) is 2. The van der Waals surface area contributed by atoms with E-state index in [1.165, 1.54) is 11.8 Å². The summed E-state index contributed by atoms with van der Waals surface area (Å²) in [6.45, 7) is 0.238. The summed E-state index contributed by atoms with van der Waals surface area (Å²) in [6, 6.07) is 17.1. The number of rotatable bonds is 6. The number of aliphatic hydroxyl groups is 1. The van der Waals surface area contributed by atoms with E-state index in [0.29, 0.717) is 12.1 Å². The SMILES string of the molecule is O=C(NCCCO)C(=O)Nc1ccccc1Sc1ccccc1. The fourth-order valence-electron chi connectivity index (χ4n) is 1.81. The minimum absolute atomic E-state index is 0.0293. The standard InChI is InChI=1S/C17H18N2O3S/c20-12-6-11-18-16(21)17(22)19-14-9-4-5-10-15(14)23-13-7-2-1-3-8-13/h1-5,7-10,20H,6,11-12H2,(H,18,21)(H,19,22). The number of para-hydroxylation sites is 1. The second-order valence-corrected chi connectivity index (χ2v) is 5.81. The number of carbonyl (C=O) groups excluding carboxylic acids is 2. The van der Waals surface area contributed by atoms with Crippen molar-refractivity contribution >= 4 is 29.3 Å². The van der Waals surface area contributed by atoms with Crippen LogP contribution in [0.3, 0.4) is 0 Å². The van der Waals surface area contributed by atoms with Crippen LogP contribution in [0, 0.1) is 0 Å². The van der Waals surface area contributed by atoms with E-state index in [9.17, 15) is 9.59 Å². The minimum Gasteiger partial charge on any atom is -0.396 e. The summed E-state index contributed by atoms with van der Waals surface area (Å²) in [5.41, 5.74) is 0.587. The maximum atomic E-state index is 11.9. The van der Waals surface area contributed by atoms with Crippen molar-refractivity contribution in [1.82, 2.24) is 5.32 Å². The van der Waals surface area contributed by atoms with E-state index in [1.54, 1.807) is 12.1 Å². The van der Waals surface area contributed by atoms with Gasteiger partial charge in [-0.25, -0.2) is 0 Å². The van der Waals surface area contributed by atoms with Gasteiger partial charge in [-0.3, -0.25) is 9.59 Å². The molecule has 0 atom stereocenters. The van der Waals surface area contributed by atoms with Gasteiger partial charge < -0.3 is 15.7 Å². The molecule has 5 nitrogen and oxygen atoms in total. The van der Waals surface area contributed by atoms with Crippen LogP contribution in [-0.2, 0) is 9.59 Å². The van der Waals surface area contributed by atoms with Gasteiger partial charge in [0.15, 0.2) is 0 Å². The third kappa shape index (κ3) is 5.43. The predicted octanol–water partition coefficient (Wildman–Crippen LogP) is 2.27. The van der Waals surface area contributed by atoms with Gasteiger partial charge in [0.2, 0.25) is 0 Å². The molecule has 0 saturated heterocycles. The largest absolute Gasteiger partial charge is 0.396 e. The summed E-state index contributed by atoms with van der Waals surface area (Å²) in [5.74, 6) is -1.43. The lowest BCUT2D eigenvalue weighted by Crippen LogP contribution is -2.36. The third-order valence-corrected chi connectivity index (χ3v) is 4.02. The second kappa shape index (κ2) is 8.97. The first-order valence-electron chi connectivity index (χ1n) is 7.22. The van der Waals surface area contributed by atoms with Crippen molar-refractivity contribution in [2.45, 2.75) is 16.2 Å². The molecule has 2 aromatic rings. The molecule has 0 aliphatic carbocycles. The minimum atomic E-state index is -0.718. The van der Waals surface area contributed by atoms with Crippen LogP contribution in [0.2, 0.25) is 0 Å². The van der Waals surface area contributed by atoms with Gasteiger partial charge in [-0.05, 0) is 30.7 Å². The molecule has 2 amide bonds. The van der Waals surface area contributed by atoms with Crippen LogP contribution in [0.5, 0.6) is 0 Å². The zero-order valence-corrected chi connectivity index (χ0v) is 13.3. The molecule has 23 heavy (non-hydrogen) atoms. The van der Waals surface area contributed by atoms with Crippen LogP contribution in [0.1, 0.15) is 6.42 Å². The smallest absolute Gasteiger partial charge is 0.313 e. The van der Waals surface area contributed by atoms with Crippen LogP contribution >= 0.6 is 11.8 Å². The lowest BCUT2D eigenvalue weighted by Gasteiger charge is -2.10. The quantitative estimate of drug-likeness (QED) is 0.561. The van der Waals surface area contributed by atoms with Gasteiger partial charge in [-0.2, -0.15) is 0 Å². The first kappa shape index (κ1) is 17.1. The van der Waals surface area contributed by atoms with Crippen molar-refractivity contribution in [1.29, 1.82) is 0 Å². The highest BCUT2D eigenvalue weighted by Gasteiger charge is 2.15. The van der Waals surface area contributed by atoms with Gasteiger partial charge in [0.05, 0.1) is 5.69 Å². The molecule has 0 bridgehead atoms. The van der Waals surface area contributed by atoms with Gasteiger partial charge in [-0.15, -0.1) is 0 Å². The summed E-state index contributed by atoms with van der Waals surface area (Å²) in [7, 11) is 0. The Morgan fingerprint density at radius 3 is 2.39 bits per heavy atom. The Balaban J connectivity index is 2.02. The second-order valence-electron chi connectivity index (χ2n) is 4.70. The maximum absolute atomic E-state index is 11.9. The third-order valence-electron chi connectivity index (χ3n) is 2.93. The Hall–Kier alpha value is -2.31. The molecule has 0 saturated carbocycles. The summed E-state index contributed by atoms with van der Waals surface area (Å²) >= 11 is 1.51. The summed E-state index contributed by atoms with van der Waals surface area (Å²) in [6.07, 6.45) is 0.416. The molecule has 0 fully saturated rings. The van der Waals surface area contributed by atoms with Crippen molar-refractivity contribution in [3.63, 3.8) is 0 Å². The van der Waals surface area contributed by atoms with E-state index < -0.39 is 11.8 Å². The van der Waals surface area contributed by atoms with E-state index in [0.717, 1.165) is 9.79 Å². The average molecular weight is 330 g/mol. The van der Waals surface area contributed by atoms with Crippen molar-refractivity contribution in [3.05, 3.63) is 54.6 Å². The molecule has 0 aliphatic rings. The molecule has 2 aromatic carbocycles. The molecular weight excluding hydrogens is 312 g/mol. The van der Waals surface area contributed by atoms with E-state index in [4.69, 9.17) is 5.11 Å². The highest BCUT2D eigenvalue weighted by atomic mass is 32.2. The van der Waals surface area contributed by atoms with Crippen molar-refractivity contribution in [3.8, 4) is 0 Å². The molecular formula is C17H18N2O3S. The van der Waals surface area contributed by atoms with Gasteiger partial charge >= 0.3 is 11.8 Å². The van der Waals surface area contributed by atoms with Crippen molar-refractivity contribution < 1.29 is 14.7 Å². The summed E-state index contributed by atoms with van der Waals surface area (Å²) in [4.78, 5) is 25.5. The molecule has 0 heterocycles. The van der Waals surface area contributed by atoms with Crippen LogP contribution in [0.4, 0.5) is 5.69 Å². The zero-order chi connectivity index (χ0) is 16.5. The number of aliphatic hydroxyl groups excluding tert-OH is 1. The molecule has 3 N–H and O–H groups in total. The highest BCUT2D eigenvalue weighted by Crippen LogP contribution is 2.33. The van der Waals surface area contributed by atoms with Gasteiger partial charge in [0.25, 0.3) is 0 Å². The lowest BCUT2D eigenvalue weighted by atomic mass is 10.3. The lowest BCUT2D eigenvalue weighted by molar-refractivity contribution is -0.136. The molecule has 0 radical (unpaired) electrons.